The maximum Gasteiger partial charge on any atom is 0.253 e. The van der Waals surface area contributed by atoms with Crippen LogP contribution in [0, 0.1) is 0 Å². The summed E-state index contributed by atoms with van der Waals surface area (Å²) in [5, 5.41) is 0. The number of sulfonamides is 1. The van der Waals surface area contributed by atoms with E-state index in [2.05, 4.69) is 22.9 Å². The van der Waals surface area contributed by atoms with Gasteiger partial charge in [-0.05, 0) is 58.7 Å². The van der Waals surface area contributed by atoms with Crippen LogP contribution in [0.25, 0.3) is 0 Å². The monoisotopic (exact) mass is 486 g/mol. The molecule has 1 saturated heterocycles. The third-order valence-corrected chi connectivity index (χ3v) is 8.53. The van der Waals surface area contributed by atoms with Gasteiger partial charge in [0.15, 0.2) is 0 Å². The summed E-state index contributed by atoms with van der Waals surface area (Å²) in [4.78, 5) is 14.4. The van der Waals surface area contributed by atoms with Gasteiger partial charge in [0, 0.05) is 31.7 Å². The summed E-state index contributed by atoms with van der Waals surface area (Å²) in [6, 6.07) is 10.5. The van der Waals surface area contributed by atoms with E-state index in [1.54, 1.807) is 41.3 Å². The van der Waals surface area contributed by atoms with Gasteiger partial charge in [-0.2, -0.15) is 4.31 Å². The number of halogens is 1. The molecule has 0 aliphatic carbocycles. The van der Waals surface area contributed by atoms with Crippen molar-refractivity contribution in [1.29, 1.82) is 0 Å². The zero-order valence-corrected chi connectivity index (χ0v) is 18.9. The number of hydrogen-bond acceptors (Lipinski definition) is 5. The zero-order chi connectivity index (χ0) is 20.1. The van der Waals surface area contributed by atoms with Crippen LogP contribution in [0.15, 0.2) is 44.4 Å². The van der Waals surface area contributed by atoms with E-state index in [0.29, 0.717) is 42.6 Å². The molecule has 1 aliphatic rings. The number of thiophene rings is 1. The minimum atomic E-state index is -3.50. The van der Waals surface area contributed by atoms with Crippen LogP contribution in [-0.4, -0.2) is 56.3 Å². The van der Waals surface area contributed by atoms with Crippen molar-refractivity contribution in [3.05, 3.63) is 45.7 Å². The van der Waals surface area contributed by atoms with E-state index < -0.39 is 10.0 Å². The number of piperazine rings is 1. The first-order valence-electron chi connectivity index (χ1n) is 9.19. The highest BCUT2D eigenvalue weighted by molar-refractivity contribution is 9.11. The lowest BCUT2D eigenvalue weighted by Gasteiger charge is -2.33. The highest BCUT2D eigenvalue weighted by Gasteiger charge is 2.31. The van der Waals surface area contributed by atoms with Gasteiger partial charge in [0.25, 0.3) is 15.9 Å². The molecule has 0 unspecified atom stereocenters. The molecule has 1 amide bonds. The van der Waals surface area contributed by atoms with Gasteiger partial charge in [-0.15, -0.1) is 11.3 Å². The smallest absolute Gasteiger partial charge is 0.253 e. The number of benzene rings is 1. The van der Waals surface area contributed by atoms with Crippen LogP contribution < -0.4 is 4.74 Å². The number of ether oxygens (including phenoxy) is 1. The number of rotatable bonds is 7. The van der Waals surface area contributed by atoms with Gasteiger partial charge in [0.2, 0.25) is 0 Å². The average molecular weight is 487 g/mol. The average Bonchev–Trinajstić information content (AvgIpc) is 3.15. The van der Waals surface area contributed by atoms with Crippen LogP contribution in [0.2, 0.25) is 0 Å². The van der Waals surface area contributed by atoms with E-state index in [9.17, 15) is 13.2 Å². The molecular formula is C19H23BrN2O4S2. The second kappa shape index (κ2) is 9.39. The Kier molecular flexibility index (Phi) is 7.14. The second-order valence-corrected chi connectivity index (χ2v) is 11.1. The summed E-state index contributed by atoms with van der Waals surface area (Å²) < 4.78 is 33.5. The normalized spacial score (nSPS) is 15.6. The number of carbonyl (C=O) groups is 1. The van der Waals surface area contributed by atoms with Crippen molar-refractivity contribution in [2.45, 2.75) is 24.0 Å². The molecule has 0 saturated carbocycles. The summed E-state index contributed by atoms with van der Waals surface area (Å²) in [7, 11) is -3.50. The van der Waals surface area contributed by atoms with Gasteiger partial charge >= 0.3 is 0 Å². The number of amides is 1. The van der Waals surface area contributed by atoms with Crippen LogP contribution in [0.1, 0.15) is 30.1 Å². The molecular weight excluding hydrogens is 464 g/mol. The lowest BCUT2D eigenvalue weighted by atomic mass is 10.2. The highest BCUT2D eigenvalue weighted by atomic mass is 79.9. The molecule has 1 aromatic heterocycles. The van der Waals surface area contributed by atoms with Crippen molar-refractivity contribution in [3.8, 4) is 5.75 Å². The van der Waals surface area contributed by atoms with E-state index in [0.717, 1.165) is 22.4 Å². The van der Waals surface area contributed by atoms with E-state index in [1.165, 1.54) is 15.6 Å². The second-order valence-electron chi connectivity index (χ2n) is 6.48. The maximum atomic E-state index is 12.7. The van der Waals surface area contributed by atoms with Crippen LogP contribution in [0.3, 0.4) is 0 Å². The van der Waals surface area contributed by atoms with Crippen molar-refractivity contribution in [1.82, 2.24) is 9.21 Å². The minimum absolute atomic E-state index is 0.0870. The van der Waals surface area contributed by atoms with E-state index in [1.807, 2.05) is 0 Å². The fourth-order valence-electron chi connectivity index (χ4n) is 2.91. The lowest BCUT2D eigenvalue weighted by molar-refractivity contribution is 0.0698. The van der Waals surface area contributed by atoms with Crippen molar-refractivity contribution in [2.75, 3.05) is 32.8 Å². The summed E-state index contributed by atoms with van der Waals surface area (Å²) in [6.45, 7) is 4.11. The van der Waals surface area contributed by atoms with Gasteiger partial charge in [0.1, 0.15) is 9.96 Å². The number of carbonyl (C=O) groups excluding carboxylic acids is 1. The first kappa shape index (κ1) is 21.3. The Morgan fingerprint density at radius 3 is 2.36 bits per heavy atom. The van der Waals surface area contributed by atoms with Crippen LogP contribution in [-0.2, 0) is 10.0 Å². The predicted octanol–water partition coefficient (Wildman–Crippen LogP) is 3.84. The van der Waals surface area contributed by atoms with E-state index in [-0.39, 0.29) is 5.91 Å². The summed E-state index contributed by atoms with van der Waals surface area (Å²) in [5.41, 5.74) is 0.585. The number of unbranched alkanes of at least 4 members (excludes halogenated alkanes) is 1. The van der Waals surface area contributed by atoms with Gasteiger partial charge in [-0.3, -0.25) is 4.79 Å². The van der Waals surface area contributed by atoms with Crippen molar-refractivity contribution >= 4 is 43.2 Å². The molecule has 152 valence electrons. The molecule has 0 atom stereocenters. The molecule has 0 spiro atoms. The fourth-order valence-corrected chi connectivity index (χ4v) is 6.49. The molecule has 0 N–H and O–H groups in total. The van der Waals surface area contributed by atoms with Gasteiger partial charge in [-0.25, -0.2) is 8.42 Å². The summed E-state index contributed by atoms with van der Waals surface area (Å²) >= 11 is 4.49. The van der Waals surface area contributed by atoms with Crippen LogP contribution >= 0.6 is 27.3 Å². The molecule has 2 aromatic rings. The Morgan fingerprint density at radius 2 is 1.79 bits per heavy atom. The maximum absolute atomic E-state index is 12.7. The standard InChI is InChI=1S/C19H23BrN2O4S2/c1-2-3-14-26-16-6-4-15(5-7-16)19(23)21-10-12-22(13-11-21)28(24,25)18-9-8-17(20)27-18/h4-9H,2-3,10-14H2,1H3. The third kappa shape index (κ3) is 4.94. The van der Waals surface area contributed by atoms with Gasteiger partial charge in [-0.1, -0.05) is 13.3 Å². The molecule has 1 aliphatic heterocycles. The lowest BCUT2D eigenvalue weighted by Crippen LogP contribution is -2.50. The SMILES string of the molecule is CCCCOc1ccc(C(=O)N2CCN(S(=O)(=O)c3ccc(Br)s3)CC2)cc1. The molecule has 28 heavy (non-hydrogen) atoms. The van der Waals surface area contributed by atoms with Crippen LogP contribution in [0.5, 0.6) is 5.75 Å². The quantitative estimate of drug-likeness (QED) is 0.557. The van der Waals surface area contributed by atoms with E-state index in [4.69, 9.17) is 4.74 Å². The van der Waals surface area contributed by atoms with Gasteiger partial charge < -0.3 is 9.64 Å². The Labute approximate surface area is 178 Å². The predicted molar refractivity (Wildman–Crippen MR) is 114 cm³/mol. The minimum Gasteiger partial charge on any atom is -0.494 e. The Balaban J connectivity index is 1.58. The van der Waals surface area contributed by atoms with E-state index >= 15 is 0 Å². The zero-order valence-electron chi connectivity index (χ0n) is 15.6. The first-order valence-corrected chi connectivity index (χ1v) is 12.2. The summed E-state index contributed by atoms with van der Waals surface area (Å²) in [5.74, 6) is 0.666. The molecule has 1 fully saturated rings. The van der Waals surface area contributed by atoms with Crippen LogP contribution in [0.4, 0.5) is 0 Å². The number of nitrogens with zero attached hydrogens (tertiary/aromatic N) is 2. The largest absolute Gasteiger partial charge is 0.494 e. The van der Waals surface area contributed by atoms with Crippen molar-refractivity contribution in [2.24, 2.45) is 0 Å². The Hall–Kier alpha value is -1.42. The molecule has 1 aromatic carbocycles. The Morgan fingerprint density at radius 1 is 1.11 bits per heavy atom. The van der Waals surface area contributed by atoms with Gasteiger partial charge in [0.05, 0.1) is 10.4 Å². The third-order valence-electron chi connectivity index (χ3n) is 4.54. The highest BCUT2D eigenvalue weighted by Crippen LogP contribution is 2.29. The molecule has 9 heteroatoms. The topological polar surface area (TPSA) is 66.9 Å². The summed E-state index contributed by atoms with van der Waals surface area (Å²) in [6.07, 6.45) is 2.07. The molecule has 0 radical (unpaired) electrons. The van der Waals surface area contributed by atoms with Crippen molar-refractivity contribution < 1.29 is 17.9 Å². The fraction of sp³-hybridized carbons (Fsp3) is 0.421. The molecule has 6 nitrogen and oxygen atoms in total. The molecule has 2 heterocycles. The number of hydrogen-bond donors (Lipinski definition) is 0. The van der Waals surface area contributed by atoms with Crippen molar-refractivity contribution in [3.63, 3.8) is 0 Å². The Bertz CT molecular complexity index is 904. The first-order chi connectivity index (χ1) is 13.4. The molecule has 3 rings (SSSR count). The molecule has 0 bridgehead atoms.